The maximum atomic E-state index is 14.5. The SMILES string of the molecule is CCOCCCCNC(=O)CCC(CNC)Oc1cc2c(Nc3cccc(Cl)c3F)ncnc2cc1OC. The molecule has 38 heavy (non-hydrogen) atoms. The second-order valence-electron chi connectivity index (χ2n) is 8.56. The average molecular weight is 548 g/mol. The largest absolute Gasteiger partial charge is 0.493 e. The molecule has 1 unspecified atom stereocenters. The number of ether oxygens (including phenoxy) is 3. The molecule has 9 nitrogen and oxygen atoms in total. The predicted octanol–water partition coefficient (Wildman–Crippen LogP) is 4.85. The van der Waals surface area contributed by atoms with E-state index in [-0.39, 0.29) is 22.7 Å². The molecule has 0 aliphatic rings. The van der Waals surface area contributed by atoms with E-state index < -0.39 is 5.82 Å². The summed E-state index contributed by atoms with van der Waals surface area (Å²) in [6.07, 6.45) is 3.67. The Bertz CT molecular complexity index is 1200. The highest BCUT2D eigenvalue weighted by molar-refractivity contribution is 6.31. The van der Waals surface area contributed by atoms with Gasteiger partial charge >= 0.3 is 0 Å². The molecule has 1 amide bonds. The molecule has 0 fully saturated rings. The molecule has 2 aromatic carbocycles. The Balaban J connectivity index is 1.72. The number of carbonyl (C=O) groups excluding carboxylic acids is 1. The van der Waals surface area contributed by atoms with E-state index in [0.717, 1.165) is 12.8 Å². The summed E-state index contributed by atoms with van der Waals surface area (Å²) in [5.74, 6) is 0.724. The van der Waals surface area contributed by atoms with Gasteiger partial charge in [0.1, 0.15) is 18.2 Å². The third-order valence-electron chi connectivity index (χ3n) is 5.79. The Morgan fingerprint density at radius 2 is 2.03 bits per heavy atom. The Morgan fingerprint density at radius 1 is 1.18 bits per heavy atom. The zero-order valence-electron chi connectivity index (χ0n) is 22.0. The van der Waals surface area contributed by atoms with Crippen LogP contribution in [0.2, 0.25) is 5.02 Å². The van der Waals surface area contributed by atoms with E-state index >= 15 is 0 Å². The number of hydrogen-bond acceptors (Lipinski definition) is 8. The minimum atomic E-state index is -0.576. The smallest absolute Gasteiger partial charge is 0.220 e. The number of likely N-dealkylation sites (N-methyl/N-ethyl adjacent to an activating group) is 1. The molecule has 1 atom stereocenters. The number of nitrogens with zero attached hydrogens (tertiary/aromatic N) is 2. The maximum absolute atomic E-state index is 14.5. The van der Waals surface area contributed by atoms with Gasteiger partial charge in [0.2, 0.25) is 5.91 Å². The Labute approximate surface area is 227 Å². The second-order valence-corrected chi connectivity index (χ2v) is 8.97. The molecule has 0 spiro atoms. The lowest BCUT2D eigenvalue weighted by atomic mass is 10.1. The lowest BCUT2D eigenvalue weighted by Gasteiger charge is -2.21. The molecule has 1 heterocycles. The molecule has 1 aromatic heterocycles. The molecule has 3 rings (SSSR count). The van der Waals surface area contributed by atoms with Crippen molar-refractivity contribution in [3.8, 4) is 11.5 Å². The van der Waals surface area contributed by atoms with Crippen LogP contribution in [-0.4, -0.2) is 62.4 Å². The van der Waals surface area contributed by atoms with E-state index in [9.17, 15) is 9.18 Å². The van der Waals surface area contributed by atoms with Crippen molar-refractivity contribution in [1.82, 2.24) is 20.6 Å². The zero-order chi connectivity index (χ0) is 27.3. The highest BCUT2D eigenvalue weighted by atomic mass is 35.5. The van der Waals surface area contributed by atoms with Crippen LogP contribution in [0.1, 0.15) is 32.6 Å². The van der Waals surface area contributed by atoms with Crippen LogP contribution in [0.5, 0.6) is 11.5 Å². The standard InChI is InChI=1S/C27H35ClFN5O4/c1-4-37-13-6-5-12-31-25(35)11-10-18(16-30-2)38-24-14-19-22(15-23(24)36-3)32-17-33-27(19)34-21-9-7-8-20(28)26(21)29/h7-9,14-15,17-18,30H,4-6,10-13,16H2,1-3H3,(H,31,35)(H,32,33,34). The number of benzene rings is 2. The quantitative estimate of drug-likeness (QED) is 0.218. The number of halogens is 2. The van der Waals surface area contributed by atoms with E-state index in [0.29, 0.717) is 67.4 Å². The summed E-state index contributed by atoms with van der Waals surface area (Å²) in [6.45, 7) is 4.50. The van der Waals surface area contributed by atoms with Crippen molar-refractivity contribution in [2.24, 2.45) is 0 Å². The van der Waals surface area contributed by atoms with Gasteiger partial charge in [0.05, 0.1) is 23.3 Å². The van der Waals surface area contributed by atoms with Crippen LogP contribution in [0.25, 0.3) is 10.9 Å². The number of rotatable bonds is 16. The number of unbranched alkanes of at least 4 members (excludes halogenated alkanes) is 1. The van der Waals surface area contributed by atoms with Gasteiger partial charge in [-0.1, -0.05) is 17.7 Å². The lowest BCUT2D eigenvalue weighted by molar-refractivity contribution is -0.121. The third-order valence-corrected chi connectivity index (χ3v) is 6.08. The summed E-state index contributed by atoms with van der Waals surface area (Å²) in [5.41, 5.74) is 0.774. The second kappa shape index (κ2) is 15.3. The van der Waals surface area contributed by atoms with Crippen LogP contribution >= 0.6 is 11.6 Å². The zero-order valence-corrected chi connectivity index (χ0v) is 22.7. The van der Waals surface area contributed by atoms with Crippen molar-refractivity contribution in [2.45, 2.75) is 38.7 Å². The summed E-state index contributed by atoms with van der Waals surface area (Å²) >= 11 is 5.93. The molecular formula is C27H35ClFN5O4. The van der Waals surface area contributed by atoms with Gasteiger partial charge in [0.15, 0.2) is 17.3 Å². The number of hydrogen-bond donors (Lipinski definition) is 3. The number of aromatic nitrogens is 2. The number of nitrogens with one attached hydrogen (secondary N) is 3. The normalized spacial score (nSPS) is 11.8. The van der Waals surface area contributed by atoms with Crippen molar-refractivity contribution in [3.05, 3.63) is 47.5 Å². The highest BCUT2D eigenvalue weighted by Gasteiger charge is 2.18. The average Bonchev–Trinajstić information content (AvgIpc) is 2.92. The van der Waals surface area contributed by atoms with Gasteiger partial charge in [-0.2, -0.15) is 0 Å². The molecule has 0 aliphatic carbocycles. The fourth-order valence-electron chi connectivity index (χ4n) is 3.83. The van der Waals surface area contributed by atoms with E-state index in [2.05, 4.69) is 25.9 Å². The number of amides is 1. The van der Waals surface area contributed by atoms with Gasteiger partial charge in [-0.15, -0.1) is 0 Å². The van der Waals surface area contributed by atoms with Crippen LogP contribution in [0.15, 0.2) is 36.7 Å². The van der Waals surface area contributed by atoms with Crippen LogP contribution in [0.3, 0.4) is 0 Å². The number of carbonyl (C=O) groups is 1. The Morgan fingerprint density at radius 3 is 2.79 bits per heavy atom. The Kier molecular flexibility index (Phi) is 11.8. The van der Waals surface area contributed by atoms with E-state index in [1.54, 1.807) is 31.4 Å². The number of methoxy groups -OCH3 is 1. The van der Waals surface area contributed by atoms with E-state index in [1.807, 2.05) is 14.0 Å². The van der Waals surface area contributed by atoms with E-state index in [4.69, 9.17) is 25.8 Å². The first kappa shape index (κ1) is 29.3. The van der Waals surface area contributed by atoms with Crippen molar-refractivity contribution in [3.63, 3.8) is 0 Å². The monoisotopic (exact) mass is 547 g/mol. The molecule has 0 saturated heterocycles. The minimum absolute atomic E-state index is 0.00325. The topological polar surface area (TPSA) is 107 Å². The predicted molar refractivity (Wildman–Crippen MR) is 147 cm³/mol. The van der Waals surface area contributed by atoms with Crippen LogP contribution in [0.4, 0.5) is 15.9 Å². The summed E-state index contributed by atoms with van der Waals surface area (Å²) in [4.78, 5) is 21.0. The van der Waals surface area contributed by atoms with Crippen molar-refractivity contribution >= 4 is 39.9 Å². The minimum Gasteiger partial charge on any atom is -0.493 e. The first-order valence-corrected chi connectivity index (χ1v) is 13.0. The van der Waals surface area contributed by atoms with Gasteiger partial charge in [0, 0.05) is 44.2 Å². The van der Waals surface area contributed by atoms with Gasteiger partial charge in [-0.05, 0) is 51.4 Å². The van der Waals surface area contributed by atoms with Crippen molar-refractivity contribution in [2.75, 3.05) is 45.8 Å². The molecule has 0 bridgehead atoms. The molecule has 0 aliphatic heterocycles. The fourth-order valence-corrected chi connectivity index (χ4v) is 4.01. The van der Waals surface area contributed by atoms with Crippen LogP contribution in [0, 0.1) is 5.82 Å². The number of anilines is 2. The summed E-state index contributed by atoms with van der Waals surface area (Å²) in [6, 6.07) is 8.18. The molecule has 206 valence electrons. The Hall–Kier alpha value is -3.21. The fraction of sp³-hybridized carbons (Fsp3) is 0.444. The third kappa shape index (κ3) is 8.41. The van der Waals surface area contributed by atoms with Gasteiger partial charge in [0.25, 0.3) is 0 Å². The summed E-state index contributed by atoms with van der Waals surface area (Å²) in [5, 5.41) is 9.66. The van der Waals surface area contributed by atoms with E-state index in [1.165, 1.54) is 12.4 Å². The molecule has 0 saturated carbocycles. The molecule has 3 N–H and O–H groups in total. The van der Waals surface area contributed by atoms with Crippen LogP contribution in [-0.2, 0) is 9.53 Å². The molecule has 0 radical (unpaired) electrons. The summed E-state index contributed by atoms with van der Waals surface area (Å²) in [7, 11) is 3.36. The first-order valence-electron chi connectivity index (χ1n) is 12.7. The lowest BCUT2D eigenvalue weighted by Crippen LogP contribution is -2.32. The number of fused-ring (bicyclic) bond motifs is 1. The van der Waals surface area contributed by atoms with Gasteiger partial charge < -0.3 is 30.2 Å². The summed E-state index contributed by atoms with van der Waals surface area (Å²) < 4.78 is 31.7. The van der Waals surface area contributed by atoms with Crippen molar-refractivity contribution < 1.29 is 23.4 Å². The van der Waals surface area contributed by atoms with Crippen LogP contribution < -0.4 is 25.4 Å². The van der Waals surface area contributed by atoms with Gasteiger partial charge in [-0.3, -0.25) is 4.79 Å². The first-order chi connectivity index (χ1) is 18.5. The van der Waals surface area contributed by atoms with Crippen molar-refractivity contribution in [1.29, 1.82) is 0 Å². The molecule has 11 heteroatoms. The molecule has 3 aromatic rings. The van der Waals surface area contributed by atoms with Gasteiger partial charge in [-0.25, -0.2) is 14.4 Å². The molecular weight excluding hydrogens is 513 g/mol. The highest BCUT2D eigenvalue weighted by Crippen LogP contribution is 2.36. The maximum Gasteiger partial charge on any atom is 0.220 e.